The van der Waals surface area contributed by atoms with Crippen LogP contribution in [0.5, 0.6) is 11.5 Å². The number of hydrogen-bond acceptors (Lipinski definition) is 9. The number of carbonyl (C=O) groups is 3. The lowest BCUT2D eigenvalue weighted by Crippen LogP contribution is -2.62. The van der Waals surface area contributed by atoms with Gasteiger partial charge in [0.15, 0.2) is 17.3 Å². The molecule has 9 nitrogen and oxygen atoms in total. The summed E-state index contributed by atoms with van der Waals surface area (Å²) in [6, 6.07) is 7.00. The molecule has 0 radical (unpaired) electrons. The van der Waals surface area contributed by atoms with Crippen LogP contribution in [0, 0.1) is 44.3 Å². The van der Waals surface area contributed by atoms with Gasteiger partial charge in [0.25, 0.3) is 0 Å². The number of ketones is 1. The number of unbranched alkanes of at least 4 members (excludes halogenated alkanes) is 1. The zero-order valence-electron chi connectivity index (χ0n) is 33.1. The monoisotopic (exact) mass is 737 g/mol. The number of hydrogen-bond donors (Lipinski definition) is 1. The van der Waals surface area contributed by atoms with Crippen molar-refractivity contribution in [1.82, 2.24) is 0 Å². The minimum atomic E-state index is -0.709. The van der Waals surface area contributed by atoms with Crippen LogP contribution < -0.4 is 9.47 Å². The highest BCUT2D eigenvalue weighted by Crippen LogP contribution is 2.75. The maximum Gasteiger partial charge on any atom is 0.348 e. The molecule has 54 heavy (non-hydrogen) atoms. The first-order valence-electron chi connectivity index (χ1n) is 19.3. The molecule has 1 aromatic rings. The second kappa shape index (κ2) is 14.2. The number of benzene rings is 1. The molecule has 1 aromatic carbocycles. The van der Waals surface area contributed by atoms with Crippen molar-refractivity contribution >= 4 is 23.8 Å². The van der Waals surface area contributed by atoms with E-state index in [0.29, 0.717) is 54.6 Å². The summed E-state index contributed by atoms with van der Waals surface area (Å²) in [4.78, 5) is 38.5. The van der Waals surface area contributed by atoms with Crippen molar-refractivity contribution in [3.05, 3.63) is 75.6 Å². The van der Waals surface area contributed by atoms with Crippen LogP contribution in [0.15, 0.2) is 70.1 Å². The third kappa shape index (κ3) is 6.29. The largest absolute Gasteiger partial charge is 0.504 e. The Morgan fingerprint density at radius 2 is 1.69 bits per heavy atom. The van der Waals surface area contributed by atoms with Crippen molar-refractivity contribution in [2.45, 2.75) is 99.3 Å². The number of ether oxygens (including phenoxy) is 4. The number of nitriles is 1. The van der Waals surface area contributed by atoms with Crippen LogP contribution in [0.3, 0.4) is 0 Å². The second-order valence-corrected chi connectivity index (χ2v) is 17.4. The lowest BCUT2D eigenvalue weighted by Gasteiger charge is -2.70. The van der Waals surface area contributed by atoms with Crippen LogP contribution in [-0.4, -0.2) is 50.3 Å². The highest BCUT2D eigenvalue weighted by molar-refractivity contribution is 6.06. The van der Waals surface area contributed by atoms with Gasteiger partial charge in [0.2, 0.25) is 5.78 Å². The van der Waals surface area contributed by atoms with E-state index < -0.39 is 11.4 Å². The van der Waals surface area contributed by atoms with E-state index in [1.807, 2.05) is 13.0 Å². The summed E-state index contributed by atoms with van der Waals surface area (Å²) in [6.45, 7) is 14.3. The van der Waals surface area contributed by atoms with Crippen LogP contribution in [-0.2, 0) is 23.9 Å². The molecule has 0 bridgehead atoms. The van der Waals surface area contributed by atoms with Crippen molar-refractivity contribution < 1.29 is 38.4 Å². The van der Waals surface area contributed by atoms with Gasteiger partial charge in [-0.15, -0.1) is 0 Å². The van der Waals surface area contributed by atoms with Crippen LogP contribution in [0.25, 0.3) is 6.08 Å². The van der Waals surface area contributed by atoms with Gasteiger partial charge in [-0.25, -0.2) is 4.79 Å². The molecule has 5 aliphatic rings. The Balaban J connectivity index is 1.09. The quantitative estimate of drug-likeness (QED) is 0.108. The van der Waals surface area contributed by atoms with Gasteiger partial charge in [0.05, 0.1) is 32.8 Å². The SMILES string of the molecule is COC(=O)/C(C#N)=C/c1ccc(OCCCCOC(=O)[C@]2(C)CC[C@]3(C)CC[C@]4(C)C5=CC=C6C(=CC(=O)C(O)=C6C)[C@]5(C)CC[C@@]4(C)[C@@H]3C2)c(OC)c1. The molecule has 6 rings (SSSR count). The molecule has 6 atom stereocenters. The molecular formula is C45H55NO8. The number of carbonyl (C=O) groups excluding carboxylic acids is 3. The minimum Gasteiger partial charge on any atom is -0.504 e. The first kappa shape index (κ1) is 39.1. The predicted octanol–water partition coefficient (Wildman–Crippen LogP) is 9.10. The third-order valence-corrected chi connectivity index (χ3v) is 14.4. The Kier molecular flexibility index (Phi) is 10.3. The molecule has 1 N–H and O–H groups in total. The number of aliphatic hydroxyl groups is 1. The average molecular weight is 738 g/mol. The first-order valence-corrected chi connectivity index (χ1v) is 19.3. The third-order valence-electron chi connectivity index (χ3n) is 14.4. The van der Waals surface area contributed by atoms with Gasteiger partial charge in [-0.1, -0.05) is 51.5 Å². The van der Waals surface area contributed by atoms with Gasteiger partial charge in [-0.2, -0.15) is 5.26 Å². The van der Waals surface area contributed by atoms with Gasteiger partial charge in [0.1, 0.15) is 11.6 Å². The number of esters is 2. The molecule has 0 aromatic heterocycles. The van der Waals surface area contributed by atoms with E-state index in [-0.39, 0.29) is 44.7 Å². The molecule has 0 heterocycles. The molecule has 9 heteroatoms. The summed E-state index contributed by atoms with van der Waals surface area (Å²) in [7, 11) is 2.75. The standard InChI is InChI=1S/C45H55NO8/c1-28-31-12-14-36-43(4,32(31)25-33(47)38(28)48)18-20-45(6)37-26-42(3,16-15-41(37,2)17-19-44(36,45)5)40(50)54-22-10-9-21-53-34-13-11-29(24-35(34)51-7)23-30(27-46)39(49)52-8/h11-14,23-25,37,48H,9-10,15-22,26H2,1-8H3/b30-23+/t37-,41-,42-,43+,44-,45+/m1/s1. The van der Waals surface area contributed by atoms with Gasteiger partial charge < -0.3 is 24.1 Å². The molecular weight excluding hydrogens is 682 g/mol. The van der Waals surface area contributed by atoms with E-state index in [1.165, 1.54) is 25.9 Å². The lowest BCUT2D eigenvalue weighted by atomic mass is 9.34. The molecule has 3 saturated carbocycles. The zero-order valence-corrected chi connectivity index (χ0v) is 33.1. The molecule has 288 valence electrons. The van der Waals surface area contributed by atoms with Crippen LogP contribution in [0.2, 0.25) is 0 Å². The zero-order chi connectivity index (χ0) is 39.3. The van der Waals surface area contributed by atoms with Crippen LogP contribution >= 0.6 is 0 Å². The second-order valence-electron chi connectivity index (χ2n) is 17.4. The smallest absolute Gasteiger partial charge is 0.348 e. The summed E-state index contributed by atoms with van der Waals surface area (Å²) in [5.41, 5.74) is 3.66. The Bertz CT molecular complexity index is 1960. The maximum absolute atomic E-state index is 13.9. The predicted molar refractivity (Wildman–Crippen MR) is 205 cm³/mol. The lowest BCUT2D eigenvalue weighted by molar-refractivity contribution is -0.182. The molecule has 0 aliphatic heterocycles. The Hall–Kier alpha value is -4.58. The summed E-state index contributed by atoms with van der Waals surface area (Å²) < 4.78 is 22.1. The number of methoxy groups -OCH3 is 2. The van der Waals surface area contributed by atoms with E-state index in [0.717, 1.165) is 56.1 Å². The fourth-order valence-corrected chi connectivity index (χ4v) is 10.7. The van der Waals surface area contributed by atoms with E-state index in [4.69, 9.17) is 14.2 Å². The number of aliphatic hydroxyl groups excluding tert-OH is 1. The highest BCUT2D eigenvalue weighted by atomic mass is 16.5. The van der Waals surface area contributed by atoms with E-state index in [2.05, 4.69) is 51.5 Å². The molecule has 5 aliphatic carbocycles. The Morgan fingerprint density at radius 3 is 2.39 bits per heavy atom. The Morgan fingerprint density at radius 1 is 0.963 bits per heavy atom. The molecule has 0 spiro atoms. The molecule has 3 fully saturated rings. The van der Waals surface area contributed by atoms with Crippen LogP contribution in [0.4, 0.5) is 0 Å². The summed E-state index contributed by atoms with van der Waals surface area (Å²) in [6.07, 6.45) is 15.5. The van der Waals surface area contributed by atoms with Crippen LogP contribution in [0.1, 0.15) is 105 Å². The summed E-state index contributed by atoms with van der Waals surface area (Å²) >= 11 is 0. The van der Waals surface area contributed by atoms with Crippen molar-refractivity contribution in [3.8, 4) is 17.6 Å². The fourth-order valence-electron chi connectivity index (χ4n) is 10.7. The number of allylic oxidation sites excluding steroid dienone is 7. The van der Waals surface area contributed by atoms with E-state index >= 15 is 0 Å². The van der Waals surface area contributed by atoms with Gasteiger partial charge in [-0.3, -0.25) is 9.59 Å². The van der Waals surface area contributed by atoms with Crippen molar-refractivity contribution in [3.63, 3.8) is 0 Å². The molecule has 0 unspecified atom stereocenters. The van der Waals surface area contributed by atoms with Crippen molar-refractivity contribution in [1.29, 1.82) is 5.26 Å². The number of nitrogens with zero attached hydrogens (tertiary/aromatic N) is 1. The molecule has 0 saturated heterocycles. The first-order chi connectivity index (χ1) is 25.5. The molecule has 0 amide bonds. The van der Waals surface area contributed by atoms with Gasteiger partial charge >= 0.3 is 11.9 Å². The van der Waals surface area contributed by atoms with E-state index in [9.17, 15) is 24.8 Å². The highest BCUT2D eigenvalue weighted by Gasteiger charge is 2.67. The average Bonchev–Trinajstić information content (AvgIpc) is 3.16. The fraction of sp³-hybridized carbons (Fsp3) is 0.556. The minimum absolute atomic E-state index is 0.0445. The van der Waals surface area contributed by atoms with E-state index in [1.54, 1.807) is 24.3 Å². The maximum atomic E-state index is 13.9. The summed E-state index contributed by atoms with van der Waals surface area (Å²) in [5, 5.41) is 19.7. The normalized spacial score (nSPS) is 33.0. The van der Waals surface area contributed by atoms with Crippen molar-refractivity contribution in [2.24, 2.45) is 33.0 Å². The van der Waals surface area contributed by atoms with Crippen molar-refractivity contribution in [2.75, 3.05) is 27.4 Å². The number of rotatable bonds is 10. The van der Waals surface area contributed by atoms with Gasteiger partial charge in [-0.05, 0) is 135 Å². The summed E-state index contributed by atoms with van der Waals surface area (Å²) in [5.74, 6) is 0.0519. The number of fused-ring (bicyclic) bond motifs is 7. The topological polar surface area (TPSA) is 132 Å². The Labute approximate surface area is 319 Å². The van der Waals surface area contributed by atoms with Gasteiger partial charge in [0, 0.05) is 11.0 Å².